The van der Waals surface area contributed by atoms with Crippen molar-refractivity contribution in [1.29, 1.82) is 0 Å². The smallest absolute Gasteiger partial charge is 0.417 e. The second-order valence-electron chi connectivity index (χ2n) is 7.59. The van der Waals surface area contributed by atoms with E-state index >= 15 is 0 Å². The van der Waals surface area contributed by atoms with Gasteiger partial charge in [-0.3, -0.25) is 4.68 Å². The first-order valence-corrected chi connectivity index (χ1v) is 10.1. The summed E-state index contributed by atoms with van der Waals surface area (Å²) in [6, 6.07) is 16.7. The van der Waals surface area contributed by atoms with Gasteiger partial charge in [0.15, 0.2) is 5.69 Å². The van der Waals surface area contributed by atoms with E-state index < -0.39 is 12.2 Å². The minimum atomic E-state index is -1.54. The number of aromatic nitrogens is 4. The predicted molar refractivity (Wildman–Crippen MR) is 118 cm³/mol. The number of hydrogen-bond donors (Lipinski definition) is 2. The van der Waals surface area contributed by atoms with Gasteiger partial charge in [-0.1, -0.05) is 59.3 Å². The molecule has 0 bridgehead atoms. The molecule has 0 atom stereocenters. The van der Waals surface area contributed by atoms with Gasteiger partial charge in [-0.2, -0.15) is 10.1 Å². The van der Waals surface area contributed by atoms with Crippen LogP contribution in [0.2, 0.25) is 0 Å². The van der Waals surface area contributed by atoms with Gasteiger partial charge < -0.3 is 14.7 Å². The van der Waals surface area contributed by atoms with Gasteiger partial charge in [-0.15, -0.1) is 0 Å². The lowest BCUT2D eigenvalue weighted by Crippen LogP contribution is -2.33. The van der Waals surface area contributed by atoms with E-state index in [2.05, 4.69) is 39.5 Å². The molecule has 2 aromatic heterocycles. The van der Waals surface area contributed by atoms with Gasteiger partial charge in [0, 0.05) is 11.3 Å². The van der Waals surface area contributed by atoms with Crippen molar-refractivity contribution < 1.29 is 24.3 Å². The third kappa shape index (κ3) is 4.90. The molecule has 0 fully saturated rings. The van der Waals surface area contributed by atoms with Crippen molar-refractivity contribution >= 4 is 12.2 Å². The summed E-state index contributed by atoms with van der Waals surface area (Å²) in [4.78, 5) is 26.8. The van der Waals surface area contributed by atoms with Crippen LogP contribution in [0.5, 0.6) is 0 Å². The highest BCUT2D eigenvalue weighted by Crippen LogP contribution is 2.23. The Kier molecular flexibility index (Phi) is 5.90. The number of carbonyl (C=O) groups is 2. The van der Waals surface area contributed by atoms with E-state index in [0.717, 1.165) is 11.3 Å². The molecule has 0 aliphatic heterocycles. The Balaban J connectivity index is 1.49. The molecule has 0 saturated heterocycles. The van der Waals surface area contributed by atoms with Crippen LogP contribution in [0, 0.1) is 13.8 Å². The van der Waals surface area contributed by atoms with Gasteiger partial charge in [0.2, 0.25) is 5.82 Å². The van der Waals surface area contributed by atoms with Gasteiger partial charge in [0.1, 0.15) is 0 Å². The molecule has 0 aliphatic carbocycles. The maximum atomic E-state index is 11.0. The standard InChI is InChI=1S/C23H21N5O5/c1-14-3-5-17(6-4-14)13-28-15(2)11-19(25-28)21-24-20(26-33-21)18-9-7-16(8-10-18)12-27(22(29)30)23(31)32/h3-11H,12-13H2,1-2H3,(H,29,30)(H,31,32). The molecular formula is C23H21N5O5. The maximum absolute atomic E-state index is 11.0. The molecule has 2 aromatic carbocycles. The fraction of sp³-hybridized carbons (Fsp3) is 0.174. The van der Waals surface area contributed by atoms with Gasteiger partial charge >= 0.3 is 12.2 Å². The van der Waals surface area contributed by atoms with Crippen LogP contribution in [0.15, 0.2) is 59.1 Å². The number of amides is 2. The minimum Gasteiger partial charge on any atom is -0.465 e. The Morgan fingerprint density at radius 2 is 1.61 bits per heavy atom. The van der Waals surface area contributed by atoms with Gasteiger partial charge in [0.05, 0.1) is 13.1 Å². The van der Waals surface area contributed by atoms with Crippen LogP contribution in [-0.2, 0) is 13.1 Å². The first-order chi connectivity index (χ1) is 15.8. The number of rotatable bonds is 6. The summed E-state index contributed by atoms with van der Waals surface area (Å²) in [6.07, 6.45) is -3.07. The quantitative estimate of drug-likeness (QED) is 0.443. The molecule has 10 heteroatoms. The SMILES string of the molecule is Cc1ccc(Cn2nc(-c3nc(-c4ccc(CN(C(=O)O)C(=O)O)cc4)no3)cc2C)cc1. The third-order valence-corrected chi connectivity index (χ3v) is 5.09. The Bertz CT molecular complexity index is 1280. The van der Waals surface area contributed by atoms with Gasteiger partial charge in [-0.25, -0.2) is 14.5 Å². The topological polar surface area (TPSA) is 135 Å². The maximum Gasteiger partial charge on any atom is 0.417 e. The van der Waals surface area contributed by atoms with Crippen molar-refractivity contribution in [1.82, 2.24) is 24.8 Å². The van der Waals surface area contributed by atoms with Crippen molar-refractivity contribution in [2.24, 2.45) is 0 Å². The van der Waals surface area contributed by atoms with E-state index in [0.29, 0.717) is 34.1 Å². The van der Waals surface area contributed by atoms with E-state index in [1.165, 1.54) is 5.56 Å². The summed E-state index contributed by atoms with van der Waals surface area (Å²) in [6.45, 7) is 4.35. The van der Waals surface area contributed by atoms with Crippen LogP contribution < -0.4 is 0 Å². The van der Waals surface area contributed by atoms with Crippen molar-refractivity contribution in [3.8, 4) is 23.0 Å². The number of nitrogens with zero attached hydrogens (tertiary/aromatic N) is 5. The van der Waals surface area contributed by atoms with Crippen LogP contribution in [0.3, 0.4) is 0 Å². The van der Waals surface area contributed by atoms with E-state index in [1.54, 1.807) is 24.3 Å². The number of aryl methyl sites for hydroxylation is 2. The molecule has 0 aliphatic rings. The molecule has 0 radical (unpaired) electrons. The molecule has 2 heterocycles. The molecule has 0 saturated carbocycles. The molecule has 0 unspecified atom stereocenters. The summed E-state index contributed by atoms with van der Waals surface area (Å²) < 4.78 is 7.27. The lowest BCUT2D eigenvalue weighted by molar-refractivity contribution is 0.120. The summed E-state index contributed by atoms with van der Waals surface area (Å²) in [5.74, 6) is 0.623. The Morgan fingerprint density at radius 3 is 2.24 bits per heavy atom. The summed E-state index contributed by atoms with van der Waals surface area (Å²) in [5, 5.41) is 26.5. The minimum absolute atomic E-state index is 0.278. The predicted octanol–water partition coefficient (Wildman–Crippen LogP) is 4.42. The van der Waals surface area contributed by atoms with Crippen LogP contribution >= 0.6 is 0 Å². The zero-order chi connectivity index (χ0) is 23.5. The van der Waals surface area contributed by atoms with E-state index in [9.17, 15) is 9.59 Å². The summed E-state index contributed by atoms with van der Waals surface area (Å²) >= 11 is 0. The second kappa shape index (κ2) is 8.95. The van der Waals surface area contributed by atoms with Gasteiger partial charge in [-0.05, 0) is 31.0 Å². The van der Waals surface area contributed by atoms with Crippen LogP contribution in [0.4, 0.5) is 9.59 Å². The largest absolute Gasteiger partial charge is 0.465 e. The van der Waals surface area contributed by atoms with E-state index in [-0.39, 0.29) is 12.4 Å². The van der Waals surface area contributed by atoms with E-state index in [1.807, 2.05) is 24.6 Å². The highest BCUT2D eigenvalue weighted by molar-refractivity contribution is 5.85. The van der Waals surface area contributed by atoms with Crippen LogP contribution in [-0.4, -0.2) is 47.2 Å². The molecule has 33 heavy (non-hydrogen) atoms. The number of benzene rings is 2. The lowest BCUT2D eigenvalue weighted by atomic mass is 10.1. The Hall–Kier alpha value is -4.47. The Labute approximate surface area is 188 Å². The molecular weight excluding hydrogens is 426 g/mol. The first-order valence-electron chi connectivity index (χ1n) is 10.1. The monoisotopic (exact) mass is 447 g/mol. The first kappa shape index (κ1) is 21.8. The summed E-state index contributed by atoms with van der Waals surface area (Å²) in [7, 11) is 0. The molecule has 168 valence electrons. The number of hydrogen-bond acceptors (Lipinski definition) is 6. The van der Waals surface area contributed by atoms with Crippen molar-refractivity contribution in [3.63, 3.8) is 0 Å². The number of carboxylic acid groups (broad SMARTS) is 2. The zero-order valence-corrected chi connectivity index (χ0v) is 18.0. The molecule has 2 amide bonds. The number of imide groups is 1. The van der Waals surface area contributed by atoms with Crippen molar-refractivity contribution in [2.45, 2.75) is 26.9 Å². The van der Waals surface area contributed by atoms with Crippen molar-refractivity contribution in [2.75, 3.05) is 0 Å². The fourth-order valence-corrected chi connectivity index (χ4v) is 3.24. The average molecular weight is 447 g/mol. The highest BCUT2D eigenvalue weighted by atomic mass is 16.5. The fourth-order valence-electron chi connectivity index (χ4n) is 3.24. The third-order valence-electron chi connectivity index (χ3n) is 5.09. The normalized spacial score (nSPS) is 10.8. The van der Waals surface area contributed by atoms with Crippen LogP contribution in [0.25, 0.3) is 23.0 Å². The zero-order valence-electron chi connectivity index (χ0n) is 18.0. The average Bonchev–Trinajstić information content (AvgIpc) is 3.41. The highest BCUT2D eigenvalue weighted by Gasteiger charge is 2.20. The molecule has 4 rings (SSSR count). The molecule has 4 aromatic rings. The lowest BCUT2D eigenvalue weighted by Gasteiger charge is -2.13. The Morgan fingerprint density at radius 1 is 0.970 bits per heavy atom. The second-order valence-corrected chi connectivity index (χ2v) is 7.59. The van der Waals surface area contributed by atoms with E-state index in [4.69, 9.17) is 14.7 Å². The molecule has 0 spiro atoms. The summed E-state index contributed by atoms with van der Waals surface area (Å²) in [5.41, 5.74) is 5.00. The molecule has 2 N–H and O–H groups in total. The van der Waals surface area contributed by atoms with Gasteiger partial charge in [0.25, 0.3) is 5.89 Å². The van der Waals surface area contributed by atoms with Crippen LogP contribution in [0.1, 0.15) is 22.4 Å². The molecule has 10 nitrogen and oxygen atoms in total. The van der Waals surface area contributed by atoms with Crippen molar-refractivity contribution in [3.05, 3.63) is 77.0 Å².